The molecule has 0 saturated heterocycles. The summed E-state index contributed by atoms with van der Waals surface area (Å²) < 4.78 is 0. The van der Waals surface area contributed by atoms with Gasteiger partial charge in [0.05, 0.1) is 5.92 Å². The molecule has 0 aliphatic carbocycles. The molecule has 4 nitrogen and oxygen atoms in total. The second kappa shape index (κ2) is 24.6. The standard InChI is InChI=1S/C11H22O2.C10H20O2.Zn/c1-2-3-4-5-6-7-8-9-10-11(12)13;1-3-5-6-7-8-9(4-2)10(11)12;/h2-10H2,1H3,(H,12,13);9H,3-8H2,1-2H3,(H,11,12);. The van der Waals surface area contributed by atoms with E-state index in [4.69, 9.17) is 10.2 Å². The first-order valence-corrected chi connectivity index (χ1v) is 10.4. The third kappa shape index (κ3) is 25.8. The Hall–Kier alpha value is -0.437. The van der Waals surface area contributed by atoms with Crippen LogP contribution in [0.4, 0.5) is 0 Å². The maximum Gasteiger partial charge on any atom is 0.306 e. The molecule has 0 rings (SSSR count). The molecule has 0 saturated carbocycles. The zero-order valence-electron chi connectivity index (χ0n) is 17.6. The Balaban J connectivity index is -0.000000393. The van der Waals surface area contributed by atoms with E-state index in [1.165, 1.54) is 57.8 Å². The molecule has 152 valence electrons. The summed E-state index contributed by atoms with van der Waals surface area (Å²) in [4.78, 5) is 20.8. The van der Waals surface area contributed by atoms with Crippen molar-refractivity contribution in [1.82, 2.24) is 0 Å². The topological polar surface area (TPSA) is 74.6 Å². The van der Waals surface area contributed by atoms with Crippen molar-refractivity contribution in [2.24, 2.45) is 5.92 Å². The Morgan fingerprint density at radius 1 is 0.692 bits per heavy atom. The summed E-state index contributed by atoms with van der Waals surface area (Å²) in [5.74, 6) is -1.40. The molecule has 0 spiro atoms. The number of aliphatic carboxylic acids is 2. The van der Waals surface area contributed by atoms with Gasteiger partial charge in [-0.3, -0.25) is 9.59 Å². The Morgan fingerprint density at radius 2 is 1.12 bits per heavy atom. The van der Waals surface area contributed by atoms with Gasteiger partial charge in [-0.1, -0.05) is 91.4 Å². The third-order valence-electron chi connectivity index (χ3n) is 4.49. The van der Waals surface area contributed by atoms with Gasteiger partial charge < -0.3 is 10.2 Å². The summed E-state index contributed by atoms with van der Waals surface area (Å²) in [6.45, 7) is 6.32. The van der Waals surface area contributed by atoms with Gasteiger partial charge in [0.25, 0.3) is 0 Å². The Morgan fingerprint density at radius 3 is 1.50 bits per heavy atom. The van der Waals surface area contributed by atoms with Crippen molar-refractivity contribution in [3.8, 4) is 0 Å². The smallest absolute Gasteiger partial charge is 0.306 e. The van der Waals surface area contributed by atoms with Crippen LogP contribution in [-0.4, -0.2) is 22.2 Å². The zero-order chi connectivity index (χ0) is 19.3. The van der Waals surface area contributed by atoms with E-state index in [0.29, 0.717) is 6.42 Å². The molecular weight excluding hydrogens is 382 g/mol. The van der Waals surface area contributed by atoms with Crippen molar-refractivity contribution in [1.29, 1.82) is 0 Å². The molecule has 1 atom stereocenters. The number of hydrogen-bond donors (Lipinski definition) is 2. The molecule has 0 radical (unpaired) electrons. The van der Waals surface area contributed by atoms with Crippen molar-refractivity contribution in [2.45, 2.75) is 117 Å². The van der Waals surface area contributed by atoms with Crippen LogP contribution < -0.4 is 0 Å². The molecule has 0 bridgehead atoms. The fraction of sp³-hybridized carbons (Fsp3) is 0.905. The van der Waals surface area contributed by atoms with Crippen LogP contribution in [-0.2, 0) is 29.1 Å². The first-order valence-electron chi connectivity index (χ1n) is 10.4. The zero-order valence-corrected chi connectivity index (χ0v) is 20.6. The fourth-order valence-corrected chi connectivity index (χ4v) is 2.73. The molecule has 0 fully saturated rings. The summed E-state index contributed by atoms with van der Waals surface area (Å²) in [6.07, 6.45) is 16.4. The Bertz CT molecular complexity index is 308. The molecule has 2 N–H and O–H groups in total. The van der Waals surface area contributed by atoms with Gasteiger partial charge in [0.15, 0.2) is 0 Å². The SMILES string of the molecule is CCCCCCC(CC)C(=O)O.CCCCCCCCCCC(=O)O.[Zn]. The minimum Gasteiger partial charge on any atom is -0.481 e. The van der Waals surface area contributed by atoms with Gasteiger partial charge in [0.1, 0.15) is 0 Å². The van der Waals surface area contributed by atoms with E-state index in [1.807, 2.05) is 6.92 Å². The third-order valence-corrected chi connectivity index (χ3v) is 4.49. The van der Waals surface area contributed by atoms with Crippen LogP contribution in [0.3, 0.4) is 0 Å². The molecule has 1 unspecified atom stereocenters. The van der Waals surface area contributed by atoms with Crippen LogP contribution >= 0.6 is 0 Å². The number of carboxylic acids is 2. The maximum atomic E-state index is 10.6. The molecule has 0 aromatic rings. The maximum absolute atomic E-state index is 10.6. The van der Waals surface area contributed by atoms with E-state index < -0.39 is 11.9 Å². The van der Waals surface area contributed by atoms with E-state index in [1.54, 1.807) is 0 Å². The van der Waals surface area contributed by atoms with Gasteiger partial charge in [0, 0.05) is 25.9 Å². The van der Waals surface area contributed by atoms with Crippen LogP contribution in [0.5, 0.6) is 0 Å². The van der Waals surface area contributed by atoms with Crippen molar-refractivity contribution >= 4 is 11.9 Å². The molecule has 0 aromatic heterocycles. The predicted molar refractivity (Wildman–Crippen MR) is 105 cm³/mol. The average Bonchev–Trinajstić information content (AvgIpc) is 2.57. The number of hydrogen-bond acceptors (Lipinski definition) is 2. The number of carboxylic acid groups (broad SMARTS) is 2. The van der Waals surface area contributed by atoms with Gasteiger partial charge >= 0.3 is 11.9 Å². The summed E-state index contributed by atoms with van der Waals surface area (Å²) in [6, 6.07) is 0. The number of carbonyl (C=O) groups is 2. The normalized spacial score (nSPS) is 11.0. The van der Waals surface area contributed by atoms with E-state index >= 15 is 0 Å². The van der Waals surface area contributed by atoms with Crippen LogP contribution in [0.2, 0.25) is 0 Å². The molecule has 0 heterocycles. The van der Waals surface area contributed by atoms with E-state index in [0.717, 1.165) is 32.1 Å². The second-order valence-electron chi connectivity index (χ2n) is 6.91. The largest absolute Gasteiger partial charge is 0.481 e. The molecule has 0 aromatic carbocycles. The summed E-state index contributed by atoms with van der Waals surface area (Å²) in [7, 11) is 0. The molecular formula is C21H42O4Zn. The van der Waals surface area contributed by atoms with Crippen LogP contribution in [0.25, 0.3) is 0 Å². The fourth-order valence-electron chi connectivity index (χ4n) is 2.73. The predicted octanol–water partition coefficient (Wildman–Crippen LogP) is 6.67. The van der Waals surface area contributed by atoms with Crippen LogP contribution in [0.15, 0.2) is 0 Å². The minimum atomic E-state index is -0.661. The summed E-state index contributed by atoms with van der Waals surface area (Å²) in [5.41, 5.74) is 0. The van der Waals surface area contributed by atoms with Gasteiger partial charge in [-0.2, -0.15) is 0 Å². The van der Waals surface area contributed by atoms with Gasteiger partial charge in [-0.15, -0.1) is 0 Å². The van der Waals surface area contributed by atoms with E-state index in [-0.39, 0.29) is 25.4 Å². The van der Waals surface area contributed by atoms with Crippen molar-refractivity contribution < 1.29 is 39.3 Å². The van der Waals surface area contributed by atoms with Gasteiger partial charge in [-0.05, 0) is 19.3 Å². The summed E-state index contributed by atoms with van der Waals surface area (Å²) in [5, 5.41) is 17.1. The van der Waals surface area contributed by atoms with Crippen molar-refractivity contribution in [2.75, 3.05) is 0 Å². The monoisotopic (exact) mass is 422 g/mol. The molecule has 0 amide bonds. The number of unbranched alkanes of at least 4 members (excludes halogenated alkanes) is 10. The van der Waals surface area contributed by atoms with Crippen molar-refractivity contribution in [3.05, 3.63) is 0 Å². The summed E-state index contributed by atoms with van der Waals surface area (Å²) >= 11 is 0. The molecule has 26 heavy (non-hydrogen) atoms. The Labute approximate surface area is 174 Å². The minimum absolute atomic E-state index is 0. The van der Waals surface area contributed by atoms with Gasteiger partial charge in [0.2, 0.25) is 0 Å². The Kier molecular flexibility index (Phi) is 28.6. The van der Waals surface area contributed by atoms with E-state index in [9.17, 15) is 9.59 Å². The van der Waals surface area contributed by atoms with E-state index in [2.05, 4.69) is 13.8 Å². The first-order chi connectivity index (χ1) is 12.0. The molecule has 0 aliphatic heterocycles. The van der Waals surface area contributed by atoms with Crippen LogP contribution in [0, 0.1) is 5.92 Å². The van der Waals surface area contributed by atoms with Crippen molar-refractivity contribution in [3.63, 3.8) is 0 Å². The van der Waals surface area contributed by atoms with Gasteiger partial charge in [-0.25, -0.2) is 0 Å². The average molecular weight is 424 g/mol. The first kappa shape index (κ1) is 30.3. The second-order valence-corrected chi connectivity index (χ2v) is 6.91. The van der Waals surface area contributed by atoms with Crippen LogP contribution in [0.1, 0.15) is 117 Å². The molecule has 5 heteroatoms. The molecule has 0 aliphatic rings. The quantitative estimate of drug-likeness (QED) is 0.215. The number of rotatable bonds is 16.